The summed E-state index contributed by atoms with van der Waals surface area (Å²) < 4.78 is 10.5. The van der Waals surface area contributed by atoms with Gasteiger partial charge >= 0.3 is 12.2 Å². The third-order valence-corrected chi connectivity index (χ3v) is 3.33. The maximum Gasteiger partial charge on any atom is 0.424 e. The lowest BCUT2D eigenvalue weighted by atomic mass is 10.2. The Morgan fingerprint density at radius 1 is 1.00 bits per heavy atom. The molecule has 7 heteroatoms. The van der Waals surface area contributed by atoms with Crippen LogP contribution in [0.3, 0.4) is 0 Å². The van der Waals surface area contributed by atoms with Crippen LogP contribution in [0, 0.1) is 6.92 Å². The van der Waals surface area contributed by atoms with Crippen LogP contribution in [0.2, 0.25) is 0 Å². The zero-order valence-corrected chi connectivity index (χ0v) is 17.4. The fourth-order valence-corrected chi connectivity index (χ4v) is 2.48. The van der Waals surface area contributed by atoms with E-state index in [0.717, 1.165) is 9.78 Å². The van der Waals surface area contributed by atoms with Crippen molar-refractivity contribution in [1.29, 1.82) is 0 Å². The van der Waals surface area contributed by atoms with Crippen molar-refractivity contribution < 1.29 is 23.9 Å². The van der Waals surface area contributed by atoms with Crippen LogP contribution in [-0.2, 0) is 9.47 Å². The summed E-state index contributed by atoms with van der Waals surface area (Å²) in [6.45, 7) is 15.9. The molecule has 0 saturated carbocycles. The molecule has 0 N–H and O–H groups in total. The number of hydrogen-bond donors (Lipinski definition) is 0. The Morgan fingerprint density at radius 2 is 1.40 bits per heavy atom. The summed E-state index contributed by atoms with van der Waals surface area (Å²) >= 11 is 1.19. The Hall–Kier alpha value is -1.89. The number of carbonyl (C=O) groups excluding carboxylic acids is 3. The number of aldehydes is 1. The average Bonchev–Trinajstić information content (AvgIpc) is 2.77. The van der Waals surface area contributed by atoms with Gasteiger partial charge in [-0.05, 0) is 54.5 Å². The van der Waals surface area contributed by atoms with Gasteiger partial charge < -0.3 is 9.47 Å². The first-order chi connectivity index (χ1) is 11.3. The zero-order valence-electron chi connectivity index (χ0n) is 16.6. The van der Waals surface area contributed by atoms with Crippen LogP contribution in [-0.4, -0.2) is 29.7 Å². The second-order valence-corrected chi connectivity index (χ2v) is 8.31. The van der Waals surface area contributed by atoms with Crippen molar-refractivity contribution >= 4 is 35.5 Å². The van der Waals surface area contributed by atoms with Crippen molar-refractivity contribution in [1.82, 2.24) is 0 Å². The lowest BCUT2D eigenvalue weighted by Gasteiger charge is -2.28. The molecule has 1 heterocycles. The molecule has 0 aliphatic heterocycles. The second kappa shape index (κ2) is 8.99. The van der Waals surface area contributed by atoms with E-state index >= 15 is 0 Å². The van der Waals surface area contributed by atoms with Crippen molar-refractivity contribution in [2.45, 2.75) is 73.5 Å². The SMILES string of the molecule is CC.Cc1cc(N(C(=O)OC(C)(C)C)C(=O)OC(C)(C)C)c(C=O)s1. The molecule has 0 unspecified atom stereocenters. The summed E-state index contributed by atoms with van der Waals surface area (Å²) in [7, 11) is 0. The summed E-state index contributed by atoms with van der Waals surface area (Å²) in [5, 5.41) is 0. The summed E-state index contributed by atoms with van der Waals surface area (Å²) in [6, 6.07) is 1.59. The predicted octanol–water partition coefficient (Wildman–Crippen LogP) is 5.57. The van der Waals surface area contributed by atoms with Gasteiger partial charge in [-0.3, -0.25) is 4.79 Å². The molecule has 142 valence electrons. The topological polar surface area (TPSA) is 72.9 Å². The van der Waals surface area contributed by atoms with Gasteiger partial charge in [-0.15, -0.1) is 11.3 Å². The lowest BCUT2D eigenvalue weighted by molar-refractivity contribution is 0.0431. The van der Waals surface area contributed by atoms with Gasteiger partial charge in [0.05, 0.1) is 10.6 Å². The van der Waals surface area contributed by atoms with Crippen molar-refractivity contribution in [3.63, 3.8) is 0 Å². The first kappa shape index (κ1) is 23.1. The van der Waals surface area contributed by atoms with Gasteiger partial charge in [0, 0.05) is 4.88 Å². The Morgan fingerprint density at radius 3 is 1.72 bits per heavy atom. The molecule has 1 rings (SSSR count). The molecule has 0 aliphatic rings. The highest BCUT2D eigenvalue weighted by Gasteiger charge is 2.34. The molecule has 0 radical (unpaired) electrons. The van der Waals surface area contributed by atoms with Gasteiger partial charge in [-0.1, -0.05) is 13.8 Å². The van der Waals surface area contributed by atoms with E-state index < -0.39 is 23.4 Å². The van der Waals surface area contributed by atoms with Crippen molar-refractivity contribution in [3.8, 4) is 0 Å². The van der Waals surface area contributed by atoms with Gasteiger partial charge in [-0.25, -0.2) is 9.59 Å². The number of anilines is 1. The minimum Gasteiger partial charge on any atom is -0.443 e. The van der Waals surface area contributed by atoms with Crippen LogP contribution in [0.15, 0.2) is 6.07 Å². The van der Waals surface area contributed by atoms with Crippen LogP contribution >= 0.6 is 11.3 Å². The average molecular weight is 371 g/mol. The molecule has 1 aromatic heterocycles. The highest BCUT2D eigenvalue weighted by Crippen LogP contribution is 2.31. The van der Waals surface area contributed by atoms with Gasteiger partial charge in [-0.2, -0.15) is 4.90 Å². The van der Waals surface area contributed by atoms with Crippen LogP contribution in [0.1, 0.15) is 69.9 Å². The fourth-order valence-electron chi connectivity index (χ4n) is 1.66. The van der Waals surface area contributed by atoms with Crippen LogP contribution in [0.5, 0.6) is 0 Å². The number of carbonyl (C=O) groups is 3. The first-order valence-electron chi connectivity index (χ1n) is 8.16. The van der Waals surface area contributed by atoms with Gasteiger partial charge in [0.2, 0.25) is 0 Å². The highest BCUT2D eigenvalue weighted by molar-refractivity contribution is 7.14. The van der Waals surface area contributed by atoms with Crippen molar-refractivity contribution in [2.75, 3.05) is 4.90 Å². The maximum absolute atomic E-state index is 12.5. The summed E-state index contributed by atoms with van der Waals surface area (Å²) in [5.41, 5.74) is -1.40. The maximum atomic E-state index is 12.5. The Labute approximate surface area is 154 Å². The third kappa shape index (κ3) is 7.69. The first-order valence-corrected chi connectivity index (χ1v) is 8.97. The molecule has 6 nitrogen and oxygen atoms in total. The summed E-state index contributed by atoms with van der Waals surface area (Å²) in [6.07, 6.45) is -1.16. The number of rotatable bonds is 2. The molecule has 0 fully saturated rings. The highest BCUT2D eigenvalue weighted by atomic mass is 32.1. The molecule has 0 saturated heterocycles. The zero-order chi connectivity index (χ0) is 20.0. The third-order valence-electron chi connectivity index (χ3n) is 2.36. The lowest BCUT2D eigenvalue weighted by Crippen LogP contribution is -2.44. The minimum absolute atomic E-state index is 0.172. The molecular formula is C18H29NO5S. The number of hydrogen-bond acceptors (Lipinski definition) is 6. The van der Waals surface area contributed by atoms with Crippen molar-refractivity contribution in [2.24, 2.45) is 0 Å². The molecule has 0 aliphatic carbocycles. The van der Waals surface area contributed by atoms with Gasteiger partial charge in [0.15, 0.2) is 6.29 Å². The summed E-state index contributed by atoms with van der Waals surface area (Å²) in [4.78, 5) is 38.0. The predicted molar refractivity (Wildman–Crippen MR) is 101 cm³/mol. The van der Waals surface area contributed by atoms with E-state index in [2.05, 4.69) is 0 Å². The Bertz CT molecular complexity index is 580. The minimum atomic E-state index is -0.882. The molecule has 0 atom stereocenters. The van der Waals surface area contributed by atoms with Crippen LogP contribution < -0.4 is 4.90 Å². The number of aryl methyl sites for hydroxylation is 1. The van der Waals surface area contributed by atoms with E-state index in [4.69, 9.17) is 9.47 Å². The molecule has 0 aromatic carbocycles. The van der Waals surface area contributed by atoms with Crippen LogP contribution in [0.25, 0.3) is 0 Å². The van der Waals surface area contributed by atoms with Gasteiger partial charge in [0.25, 0.3) is 0 Å². The van der Waals surface area contributed by atoms with E-state index in [1.165, 1.54) is 11.3 Å². The molecule has 0 spiro atoms. The molecule has 25 heavy (non-hydrogen) atoms. The van der Waals surface area contributed by atoms with E-state index in [-0.39, 0.29) is 10.6 Å². The Balaban J connectivity index is 0.00000277. The number of thiophene rings is 1. The standard InChI is InChI=1S/C16H23NO5S.C2H6/c1-10-8-11(12(9-18)23-10)17(13(19)21-15(2,3)4)14(20)22-16(5,6)7;1-2/h8-9H,1-7H3;1-2H3. The smallest absolute Gasteiger partial charge is 0.424 e. The second-order valence-electron chi connectivity index (χ2n) is 7.02. The molecule has 1 aromatic rings. The molecule has 2 amide bonds. The number of ether oxygens (including phenoxy) is 2. The fraction of sp³-hybridized carbons (Fsp3) is 0.611. The Kier molecular flexibility index (Phi) is 8.31. The van der Waals surface area contributed by atoms with Crippen LogP contribution in [0.4, 0.5) is 15.3 Å². The van der Waals surface area contributed by atoms with E-state index in [1.54, 1.807) is 54.5 Å². The number of amides is 2. The van der Waals surface area contributed by atoms with E-state index in [0.29, 0.717) is 6.29 Å². The monoisotopic (exact) mass is 371 g/mol. The molecular weight excluding hydrogens is 342 g/mol. The number of nitrogens with zero attached hydrogens (tertiary/aromatic N) is 1. The van der Waals surface area contributed by atoms with Gasteiger partial charge in [0.1, 0.15) is 11.2 Å². The van der Waals surface area contributed by atoms with Crippen molar-refractivity contribution in [3.05, 3.63) is 15.8 Å². The quantitative estimate of drug-likeness (QED) is 0.635. The number of imide groups is 1. The van der Waals surface area contributed by atoms with E-state index in [9.17, 15) is 14.4 Å². The normalized spacial score (nSPS) is 11.1. The summed E-state index contributed by atoms with van der Waals surface area (Å²) in [5.74, 6) is 0. The molecule has 0 bridgehead atoms. The largest absolute Gasteiger partial charge is 0.443 e. The van der Waals surface area contributed by atoms with E-state index in [1.807, 2.05) is 13.8 Å².